The van der Waals surface area contributed by atoms with Gasteiger partial charge in [-0.25, -0.2) is 0 Å². The minimum Gasteiger partial charge on any atom is -0.493 e. The van der Waals surface area contributed by atoms with Gasteiger partial charge in [-0.05, 0) is 49.2 Å². The van der Waals surface area contributed by atoms with Crippen LogP contribution in [0, 0.1) is 0 Å². The molecule has 0 aromatic heterocycles. The standard InChI is InChI=1S/C24H31N3O4/c1-3-5-6-9-17-31-21-12-8-7-11-20(21)24(30)27-26-23(29)18-13-15-19(16-14-18)25-22(28)10-4-2/h7-8,11-16H,3-6,9-10,17H2,1-2H3,(H,25,28)(H,26,29)(H,27,30). The Morgan fingerprint density at radius 1 is 0.806 bits per heavy atom. The van der Waals surface area contributed by atoms with E-state index in [1.807, 2.05) is 6.92 Å². The molecule has 0 unspecified atom stereocenters. The van der Waals surface area contributed by atoms with Crippen molar-refractivity contribution in [2.24, 2.45) is 0 Å². The molecule has 0 atom stereocenters. The zero-order chi connectivity index (χ0) is 22.5. The lowest BCUT2D eigenvalue weighted by atomic mass is 10.2. The van der Waals surface area contributed by atoms with E-state index in [0.29, 0.717) is 35.6 Å². The maximum Gasteiger partial charge on any atom is 0.273 e. The van der Waals surface area contributed by atoms with Crippen molar-refractivity contribution in [2.75, 3.05) is 11.9 Å². The first kappa shape index (κ1) is 23.9. The van der Waals surface area contributed by atoms with Gasteiger partial charge in [0.05, 0.1) is 12.2 Å². The summed E-state index contributed by atoms with van der Waals surface area (Å²) in [7, 11) is 0. The van der Waals surface area contributed by atoms with Crippen LogP contribution in [0.3, 0.4) is 0 Å². The van der Waals surface area contributed by atoms with Crippen molar-refractivity contribution in [1.82, 2.24) is 10.9 Å². The number of ether oxygens (including phenoxy) is 1. The second kappa shape index (κ2) is 13.1. The Morgan fingerprint density at radius 3 is 2.23 bits per heavy atom. The normalized spacial score (nSPS) is 10.3. The van der Waals surface area contributed by atoms with Gasteiger partial charge < -0.3 is 10.1 Å². The molecule has 0 aliphatic carbocycles. The fraction of sp³-hybridized carbons (Fsp3) is 0.375. The van der Waals surface area contributed by atoms with Crippen LogP contribution in [0.15, 0.2) is 48.5 Å². The molecule has 0 bridgehead atoms. The molecule has 3 N–H and O–H groups in total. The smallest absolute Gasteiger partial charge is 0.273 e. The van der Waals surface area contributed by atoms with Gasteiger partial charge in [0.1, 0.15) is 5.75 Å². The number of hydrogen-bond acceptors (Lipinski definition) is 4. The van der Waals surface area contributed by atoms with Crippen LogP contribution in [0.1, 0.15) is 73.1 Å². The number of para-hydroxylation sites is 1. The van der Waals surface area contributed by atoms with E-state index in [-0.39, 0.29) is 5.91 Å². The summed E-state index contributed by atoms with van der Waals surface area (Å²) in [4.78, 5) is 36.5. The van der Waals surface area contributed by atoms with Gasteiger partial charge in [0, 0.05) is 17.7 Å². The number of hydrogen-bond donors (Lipinski definition) is 3. The Kier molecular flexibility index (Phi) is 10.1. The second-order valence-electron chi connectivity index (χ2n) is 7.19. The quantitative estimate of drug-likeness (QED) is 0.366. The number of anilines is 1. The molecular formula is C24H31N3O4. The summed E-state index contributed by atoms with van der Waals surface area (Å²) in [5, 5.41) is 2.76. The monoisotopic (exact) mass is 425 g/mol. The Bertz CT molecular complexity index is 865. The predicted molar refractivity (Wildman–Crippen MR) is 121 cm³/mol. The molecule has 0 spiro atoms. The van der Waals surface area contributed by atoms with Crippen molar-refractivity contribution < 1.29 is 19.1 Å². The molecule has 7 heteroatoms. The van der Waals surface area contributed by atoms with E-state index in [9.17, 15) is 14.4 Å². The van der Waals surface area contributed by atoms with E-state index in [1.165, 1.54) is 0 Å². The van der Waals surface area contributed by atoms with Crippen LogP contribution >= 0.6 is 0 Å². The van der Waals surface area contributed by atoms with Crippen molar-refractivity contribution in [2.45, 2.75) is 52.4 Å². The Morgan fingerprint density at radius 2 is 1.52 bits per heavy atom. The Hall–Kier alpha value is -3.35. The average molecular weight is 426 g/mol. The first-order valence-electron chi connectivity index (χ1n) is 10.8. The number of carbonyl (C=O) groups is 3. The van der Waals surface area contributed by atoms with Gasteiger partial charge in [-0.2, -0.15) is 0 Å². The summed E-state index contributed by atoms with van der Waals surface area (Å²) >= 11 is 0. The Balaban J connectivity index is 1.88. The lowest BCUT2D eigenvalue weighted by Crippen LogP contribution is -2.41. The third-order valence-electron chi connectivity index (χ3n) is 4.58. The van der Waals surface area contributed by atoms with Gasteiger partial charge in [-0.15, -0.1) is 0 Å². The molecule has 7 nitrogen and oxygen atoms in total. The van der Waals surface area contributed by atoms with Crippen LogP contribution in [-0.4, -0.2) is 24.3 Å². The number of amides is 3. The van der Waals surface area contributed by atoms with Crippen LogP contribution < -0.4 is 20.9 Å². The van der Waals surface area contributed by atoms with E-state index in [2.05, 4.69) is 23.1 Å². The highest BCUT2D eigenvalue weighted by Gasteiger charge is 2.14. The van der Waals surface area contributed by atoms with Gasteiger partial charge in [-0.1, -0.05) is 45.2 Å². The van der Waals surface area contributed by atoms with Gasteiger partial charge in [0.2, 0.25) is 5.91 Å². The van der Waals surface area contributed by atoms with E-state index in [4.69, 9.17) is 4.74 Å². The zero-order valence-corrected chi connectivity index (χ0v) is 18.2. The largest absolute Gasteiger partial charge is 0.493 e. The zero-order valence-electron chi connectivity index (χ0n) is 18.2. The molecule has 0 heterocycles. The molecule has 0 aliphatic rings. The van der Waals surface area contributed by atoms with Crippen molar-refractivity contribution in [1.29, 1.82) is 0 Å². The predicted octanol–water partition coefficient (Wildman–Crippen LogP) is 4.46. The molecule has 31 heavy (non-hydrogen) atoms. The number of hydrazine groups is 1. The number of unbranched alkanes of at least 4 members (excludes halogenated alkanes) is 3. The second-order valence-corrected chi connectivity index (χ2v) is 7.19. The first-order valence-corrected chi connectivity index (χ1v) is 10.8. The minimum atomic E-state index is -0.460. The molecule has 2 aromatic rings. The molecule has 0 saturated carbocycles. The van der Waals surface area contributed by atoms with Crippen LogP contribution in [-0.2, 0) is 4.79 Å². The Labute approximate surface area is 183 Å². The average Bonchev–Trinajstić information content (AvgIpc) is 2.78. The van der Waals surface area contributed by atoms with Crippen molar-refractivity contribution in [3.8, 4) is 5.75 Å². The summed E-state index contributed by atoms with van der Waals surface area (Å²) < 4.78 is 5.75. The van der Waals surface area contributed by atoms with Gasteiger partial charge >= 0.3 is 0 Å². The number of rotatable bonds is 11. The molecule has 2 aromatic carbocycles. The molecule has 3 amide bonds. The number of nitrogens with one attached hydrogen (secondary N) is 3. The summed E-state index contributed by atoms with van der Waals surface area (Å²) in [5.74, 6) is -0.505. The summed E-state index contributed by atoms with van der Waals surface area (Å²) in [6.07, 6.45) is 5.52. The van der Waals surface area contributed by atoms with E-state index < -0.39 is 11.8 Å². The van der Waals surface area contributed by atoms with Gasteiger partial charge in [-0.3, -0.25) is 25.2 Å². The molecule has 166 valence electrons. The van der Waals surface area contributed by atoms with Gasteiger partial charge in [0.25, 0.3) is 11.8 Å². The number of benzene rings is 2. The number of carbonyl (C=O) groups excluding carboxylic acids is 3. The topological polar surface area (TPSA) is 96.5 Å². The van der Waals surface area contributed by atoms with Crippen LogP contribution in [0.5, 0.6) is 5.75 Å². The summed E-state index contributed by atoms with van der Waals surface area (Å²) in [5.41, 5.74) is 6.16. The molecule has 0 saturated heterocycles. The van der Waals surface area contributed by atoms with Crippen molar-refractivity contribution >= 4 is 23.4 Å². The molecule has 0 aliphatic heterocycles. The maximum atomic E-state index is 12.5. The lowest BCUT2D eigenvalue weighted by Gasteiger charge is -2.12. The summed E-state index contributed by atoms with van der Waals surface area (Å²) in [6.45, 7) is 4.62. The van der Waals surface area contributed by atoms with Crippen LogP contribution in [0.25, 0.3) is 0 Å². The van der Waals surface area contributed by atoms with E-state index in [0.717, 1.165) is 32.1 Å². The molecule has 0 radical (unpaired) electrons. The highest BCUT2D eigenvalue weighted by atomic mass is 16.5. The fourth-order valence-corrected chi connectivity index (χ4v) is 2.90. The fourth-order valence-electron chi connectivity index (χ4n) is 2.90. The third-order valence-corrected chi connectivity index (χ3v) is 4.58. The van der Waals surface area contributed by atoms with Gasteiger partial charge in [0.15, 0.2) is 0 Å². The van der Waals surface area contributed by atoms with E-state index in [1.54, 1.807) is 48.5 Å². The first-order chi connectivity index (χ1) is 15.0. The van der Waals surface area contributed by atoms with Crippen LogP contribution in [0.2, 0.25) is 0 Å². The summed E-state index contributed by atoms with van der Waals surface area (Å²) in [6, 6.07) is 13.4. The van der Waals surface area contributed by atoms with Crippen molar-refractivity contribution in [3.63, 3.8) is 0 Å². The third kappa shape index (κ3) is 8.12. The molecular weight excluding hydrogens is 394 g/mol. The lowest BCUT2D eigenvalue weighted by molar-refractivity contribution is -0.116. The SMILES string of the molecule is CCCCCCOc1ccccc1C(=O)NNC(=O)c1ccc(NC(=O)CCC)cc1. The van der Waals surface area contributed by atoms with Crippen molar-refractivity contribution in [3.05, 3.63) is 59.7 Å². The van der Waals surface area contributed by atoms with E-state index >= 15 is 0 Å². The molecule has 2 rings (SSSR count). The maximum absolute atomic E-state index is 12.5. The minimum absolute atomic E-state index is 0.0711. The van der Waals surface area contributed by atoms with Crippen LogP contribution in [0.4, 0.5) is 5.69 Å². The highest BCUT2D eigenvalue weighted by Crippen LogP contribution is 2.18. The molecule has 0 fully saturated rings. The highest BCUT2D eigenvalue weighted by molar-refractivity contribution is 6.00.